The van der Waals surface area contributed by atoms with Gasteiger partial charge in [-0.25, -0.2) is 0 Å². The molecule has 1 aliphatic heterocycles. The van der Waals surface area contributed by atoms with E-state index in [0.29, 0.717) is 10.9 Å². The van der Waals surface area contributed by atoms with E-state index in [1.165, 1.54) is 11.8 Å². The SMILES string of the molecule is CCN1CCC(NC(=O)CSc2nnnn2-c2ccccc2OC)CC1. The van der Waals surface area contributed by atoms with Gasteiger partial charge in [0.15, 0.2) is 0 Å². The van der Waals surface area contributed by atoms with Crippen LogP contribution in [-0.2, 0) is 4.79 Å². The summed E-state index contributed by atoms with van der Waals surface area (Å²) in [6.45, 7) is 5.32. The average Bonchev–Trinajstić information content (AvgIpc) is 3.15. The third-order valence-corrected chi connectivity index (χ3v) is 5.41. The van der Waals surface area contributed by atoms with Crippen molar-refractivity contribution in [3.05, 3.63) is 24.3 Å². The number of rotatable bonds is 7. The van der Waals surface area contributed by atoms with Crippen LogP contribution < -0.4 is 10.1 Å². The Bertz CT molecular complexity index is 730. The first-order chi connectivity index (χ1) is 12.7. The number of nitrogens with zero attached hydrogens (tertiary/aromatic N) is 5. The fourth-order valence-corrected chi connectivity index (χ4v) is 3.71. The summed E-state index contributed by atoms with van der Waals surface area (Å²) in [7, 11) is 1.60. The second-order valence-electron chi connectivity index (χ2n) is 6.11. The number of tetrazole rings is 1. The molecule has 0 saturated carbocycles. The Labute approximate surface area is 157 Å². The molecule has 2 aromatic rings. The van der Waals surface area contributed by atoms with E-state index in [9.17, 15) is 4.79 Å². The predicted molar refractivity (Wildman–Crippen MR) is 99.7 cm³/mol. The second-order valence-corrected chi connectivity index (χ2v) is 7.05. The molecule has 1 fully saturated rings. The minimum absolute atomic E-state index is 0.0134. The number of ether oxygens (including phenoxy) is 1. The van der Waals surface area contributed by atoms with Crippen LogP contribution in [0.5, 0.6) is 5.75 Å². The number of thioether (sulfide) groups is 1. The molecular weight excluding hydrogens is 352 g/mol. The molecule has 1 saturated heterocycles. The minimum atomic E-state index is 0.0134. The zero-order valence-electron chi connectivity index (χ0n) is 15.1. The van der Waals surface area contributed by atoms with Gasteiger partial charge in [-0.15, -0.1) is 5.10 Å². The highest BCUT2D eigenvalue weighted by atomic mass is 32.2. The summed E-state index contributed by atoms with van der Waals surface area (Å²) in [4.78, 5) is 14.7. The summed E-state index contributed by atoms with van der Waals surface area (Å²) >= 11 is 1.32. The van der Waals surface area contributed by atoms with Crippen molar-refractivity contribution in [2.75, 3.05) is 32.5 Å². The summed E-state index contributed by atoms with van der Waals surface area (Å²) in [5.74, 6) is 0.970. The van der Waals surface area contributed by atoms with E-state index in [1.807, 2.05) is 24.3 Å². The lowest BCUT2D eigenvalue weighted by atomic mass is 10.1. The highest BCUT2D eigenvalue weighted by Crippen LogP contribution is 2.25. The van der Waals surface area contributed by atoms with Crippen molar-refractivity contribution >= 4 is 17.7 Å². The lowest BCUT2D eigenvalue weighted by Gasteiger charge is -2.31. The molecule has 26 heavy (non-hydrogen) atoms. The molecule has 2 heterocycles. The van der Waals surface area contributed by atoms with Crippen LogP contribution >= 0.6 is 11.8 Å². The molecular formula is C17H24N6O2S. The van der Waals surface area contributed by atoms with Crippen LogP contribution in [0.2, 0.25) is 0 Å². The Morgan fingerprint density at radius 2 is 2.12 bits per heavy atom. The summed E-state index contributed by atoms with van der Waals surface area (Å²) in [5, 5.41) is 15.5. The molecule has 1 aliphatic rings. The maximum atomic E-state index is 12.3. The highest BCUT2D eigenvalue weighted by Gasteiger charge is 2.20. The normalized spacial score (nSPS) is 15.8. The van der Waals surface area contributed by atoms with Crippen LogP contribution in [0.25, 0.3) is 5.69 Å². The van der Waals surface area contributed by atoms with Crippen LogP contribution in [0.15, 0.2) is 29.4 Å². The number of methoxy groups -OCH3 is 1. The van der Waals surface area contributed by atoms with Crippen molar-refractivity contribution in [1.82, 2.24) is 30.4 Å². The topological polar surface area (TPSA) is 85.2 Å². The van der Waals surface area contributed by atoms with E-state index >= 15 is 0 Å². The van der Waals surface area contributed by atoms with Crippen molar-refractivity contribution in [1.29, 1.82) is 0 Å². The molecule has 1 N–H and O–H groups in total. The summed E-state index contributed by atoms with van der Waals surface area (Å²) in [6.07, 6.45) is 2.01. The van der Waals surface area contributed by atoms with Gasteiger partial charge in [0.2, 0.25) is 11.1 Å². The molecule has 1 aromatic heterocycles. The van der Waals surface area contributed by atoms with Crippen molar-refractivity contribution in [3.8, 4) is 11.4 Å². The monoisotopic (exact) mass is 376 g/mol. The number of carbonyl (C=O) groups is 1. The van der Waals surface area contributed by atoms with Gasteiger partial charge in [-0.05, 0) is 41.9 Å². The van der Waals surface area contributed by atoms with Crippen molar-refractivity contribution in [2.24, 2.45) is 0 Å². The molecule has 3 rings (SSSR count). The number of nitrogens with one attached hydrogen (secondary N) is 1. The summed E-state index contributed by atoms with van der Waals surface area (Å²) < 4.78 is 6.95. The molecule has 0 spiro atoms. The number of amides is 1. The van der Waals surface area contributed by atoms with Gasteiger partial charge in [-0.3, -0.25) is 4.79 Å². The fourth-order valence-electron chi connectivity index (χ4n) is 3.02. The Balaban J connectivity index is 1.56. The maximum absolute atomic E-state index is 12.3. The average molecular weight is 376 g/mol. The molecule has 8 nitrogen and oxygen atoms in total. The molecule has 140 valence electrons. The third kappa shape index (κ3) is 4.53. The van der Waals surface area contributed by atoms with E-state index in [-0.39, 0.29) is 17.7 Å². The lowest BCUT2D eigenvalue weighted by Crippen LogP contribution is -2.45. The van der Waals surface area contributed by atoms with Gasteiger partial charge >= 0.3 is 0 Å². The zero-order chi connectivity index (χ0) is 18.4. The number of hydrogen-bond acceptors (Lipinski definition) is 7. The number of aromatic nitrogens is 4. The number of carbonyl (C=O) groups excluding carboxylic acids is 1. The summed E-state index contributed by atoms with van der Waals surface area (Å²) in [6, 6.07) is 7.76. The van der Waals surface area contributed by atoms with Crippen molar-refractivity contribution < 1.29 is 9.53 Å². The van der Waals surface area contributed by atoms with Gasteiger partial charge in [0.25, 0.3) is 0 Å². The van der Waals surface area contributed by atoms with E-state index < -0.39 is 0 Å². The lowest BCUT2D eigenvalue weighted by molar-refractivity contribution is -0.119. The Morgan fingerprint density at radius 1 is 1.35 bits per heavy atom. The third-order valence-electron chi connectivity index (χ3n) is 4.49. The Morgan fingerprint density at radius 3 is 2.85 bits per heavy atom. The molecule has 1 amide bonds. The molecule has 0 radical (unpaired) electrons. The number of para-hydroxylation sites is 2. The zero-order valence-corrected chi connectivity index (χ0v) is 15.9. The van der Waals surface area contributed by atoms with Gasteiger partial charge in [0.1, 0.15) is 11.4 Å². The van der Waals surface area contributed by atoms with Crippen LogP contribution in [0.4, 0.5) is 0 Å². The van der Waals surface area contributed by atoms with Gasteiger partial charge in [0, 0.05) is 19.1 Å². The van der Waals surface area contributed by atoms with Crippen LogP contribution in [-0.4, -0.2) is 69.6 Å². The Kier molecular flexibility index (Phi) is 6.45. The van der Waals surface area contributed by atoms with Gasteiger partial charge in [0.05, 0.1) is 12.9 Å². The van der Waals surface area contributed by atoms with Gasteiger partial charge < -0.3 is 15.0 Å². The van der Waals surface area contributed by atoms with Crippen LogP contribution in [0, 0.1) is 0 Å². The van der Waals surface area contributed by atoms with Crippen LogP contribution in [0.1, 0.15) is 19.8 Å². The predicted octanol–water partition coefficient (Wildman–Crippen LogP) is 1.36. The Hall–Kier alpha value is -2.13. The summed E-state index contributed by atoms with van der Waals surface area (Å²) in [5.41, 5.74) is 0.745. The van der Waals surface area contributed by atoms with Crippen molar-refractivity contribution in [3.63, 3.8) is 0 Å². The molecule has 0 unspecified atom stereocenters. The van der Waals surface area contributed by atoms with Gasteiger partial charge in [-0.1, -0.05) is 30.8 Å². The maximum Gasteiger partial charge on any atom is 0.230 e. The van der Waals surface area contributed by atoms with Gasteiger partial charge in [-0.2, -0.15) is 4.68 Å². The molecule has 0 atom stereocenters. The van der Waals surface area contributed by atoms with E-state index in [1.54, 1.807) is 11.8 Å². The molecule has 0 aliphatic carbocycles. The number of piperidine rings is 1. The standard InChI is InChI=1S/C17H24N6O2S/c1-3-22-10-8-13(9-11-22)18-16(24)12-26-17-19-20-21-23(17)14-6-4-5-7-15(14)25-2/h4-7,13H,3,8-12H2,1-2H3,(H,18,24). The first kappa shape index (κ1) is 18.7. The van der Waals surface area contributed by atoms with Crippen molar-refractivity contribution in [2.45, 2.75) is 31.0 Å². The fraction of sp³-hybridized carbons (Fsp3) is 0.529. The quantitative estimate of drug-likeness (QED) is 0.730. The number of benzene rings is 1. The van der Waals surface area contributed by atoms with Crippen LogP contribution in [0.3, 0.4) is 0 Å². The molecule has 9 heteroatoms. The number of likely N-dealkylation sites (tertiary alicyclic amines) is 1. The largest absolute Gasteiger partial charge is 0.494 e. The smallest absolute Gasteiger partial charge is 0.230 e. The highest BCUT2D eigenvalue weighted by molar-refractivity contribution is 7.99. The minimum Gasteiger partial charge on any atom is -0.494 e. The van der Waals surface area contributed by atoms with E-state index in [2.05, 4.69) is 32.7 Å². The number of hydrogen-bond donors (Lipinski definition) is 1. The first-order valence-corrected chi connectivity index (χ1v) is 9.76. The molecule has 0 bridgehead atoms. The first-order valence-electron chi connectivity index (χ1n) is 8.77. The van der Waals surface area contributed by atoms with E-state index in [0.717, 1.165) is 38.2 Å². The molecule has 1 aromatic carbocycles. The second kappa shape index (κ2) is 9.00. The van der Waals surface area contributed by atoms with E-state index in [4.69, 9.17) is 4.74 Å².